The van der Waals surface area contributed by atoms with Gasteiger partial charge < -0.3 is 20.8 Å². The Morgan fingerprint density at radius 1 is 1.28 bits per heavy atom. The summed E-state index contributed by atoms with van der Waals surface area (Å²) >= 11 is 0. The highest BCUT2D eigenvalue weighted by molar-refractivity contribution is 5.70. The molecule has 100 valence electrons. The number of hydrogen-bond donors (Lipinski definition) is 4. The van der Waals surface area contributed by atoms with Gasteiger partial charge in [0.25, 0.3) is 0 Å². The van der Waals surface area contributed by atoms with Gasteiger partial charge in [-0.05, 0) is 32.9 Å². The van der Waals surface area contributed by atoms with Crippen LogP contribution in [0.15, 0.2) is 24.3 Å². The predicted molar refractivity (Wildman–Crippen MR) is 72.1 cm³/mol. The summed E-state index contributed by atoms with van der Waals surface area (Å²) in [5.74, 6) is 5.36. The number of rotatable bonds is 4. The van der Waals surface area contributed by atoms with Gasteiger partial charge in [-0.15, -0.1) is 0 Å². The summed E-state index contributed by atoms with van der Waals surface area (Å²) in [6.07, 6.45) is -0.465. The lowest BCUT2D eigenvalue weighted by molar-refractivity contribution is 0.0532. The number of nitrogens with one attached hydrogen (secondary N) is 3. The van der Waals surface area contributed by atoms with Crippen molar-refractivity contribution in [3.8, 4) is 0 Å². The Morgan fingerprint density at radius 3 is 2.44 bits per heavy atom. The van der Waals surface area contributed by atoms with E-state index in [-0.39, 0.29) is 6.67 Å². The number of carbonyl (C=O) groups is 1. The van der Waals surface area contributed by atoms with Crippen molar-refractivity contribution in [1.82, 2.24) is 5.32 Å². The van der Waals surface area contributed by atoms with Crippen LogP contribution in [0.4, 0.5) is 16.2 Å². The van der Waals surface area contributed by atoms with E-state index in [1.54, 1.807) is 0 Å². The first-order chi connectivity index (χ1) is 8.42. The molecule has 0 saturated carbocycles. The smallest absolute Gasteiger partial charge is 0.409 e. The van der Waals surface area contributed by atoms with Gasteiger partial charge in [-0.2, -0.15) is 0 Å². The van der Waals surface area contributed by atoms with E-state index in [0.717, 1.165) is 11.4 Å². The minimum absolute atomic E-state index is 0.258. The number of nitrogens with two attached hydrogens (primary N) is 1. The van der Waals surface area contributed by atoms with Gasteiger partial charge in [0, 0.05) is 0 Å². The maximum absolute atomic E-state index is 11.4. The Labute approximate surface area is 107 Å². The van der Waals surface area contributed by atoms with Gasteiger partial charge >= 0.3 is 6.09 Å². The molecule has 0 bridgehead atoms. The maximum Gasteiger partial charge on any atom is 0.409 e. The molecule has 0 aromatic heterocycles. The summed E-state index contributed by atoms with van der Waals surface area (Å²) in [7, 11) is 0. The number of hydrogen-bond acceptors (Lipinski definition) is 5. The molecule has 1 rings (SSSR count). The third-order valence-corrected chi connectivity index (χ3v) is 1.99. The van der Waals surface area contributed by atoms with Crippen LogP contribution >= 0.6 is 0 Å². The highest BCUT2D eigenvalue weighted by atomic mass is 16.6. The molecule has 0 aliphatic heterocycles. The third-order valence-electron chi connectivity index (χ3n) is 1.99. The molecule has 0 unspecified atom stereocenters. The molecule has 0 aliphatic carbocycles. The van der Waals surface area contributed by atoms with Gasteiger partial charge in [0.05, 0.1) is 18.0 Å². The lowest BCUT2D eigenvalue weighted by Crippen LogP contribution is -2.35. The monoisotopic (exact) mass is 252 g/mol. The number of benzene rings is 1. The van der Waals surface area contributed by atoms with Crippen molar-refractivity contribution in [2.75, 3.05) is 17.4 Å². The van der Waals surface area contributed by atoms with Crippen molar-refractivity contribution in [3.63, 3.8) is 0 Å². The topological polar surface area (TPSA) is 88.4 Å². The Morgan fingerprint density at radius 2 is 1.89 bits per heavy atom. The number of hydrazine groups is 1. The van der Waals surface area contributed by atoms with Crippen LogP contribution in [0.3, 0.4) is 0 Å². The molecule has 0 aliphatic rings. The van der Waals surface area contributed by atoms with Crippen molar-refractivity contribution in [1.29, 1.82) is 0 Å². The second-order valence-electron chi connectivity index (χ2n) is 4.72. The normalized spacial score (nSPS) is 10.7. The first-order valence-corrected chi connectivity index (χ1v) is 5.69. The molecule has 1 aromatic carbocycles. The zero-order valence-electron chi connectivity index (χ0n) is 10.9. The van der Waals surface area contributed by atoms with Crippen molar-refractivity contribution in [3.05, 3.63) is 24.3 Å². The van der Waals surface area contributed by atoms with E-state index in [4.69, 9.17) is 10.6 Å². The van der Waals surface area contributed by atoms with E-state index < -0.39 is 11.7 Å². The van der Waals surface area contributed by atoms with E-state index in [1.807, 2.05) is 45.0 Å². The van der Waals surface area contributed by atoms with Crippen LogP contribution < -0.4 is 21.9 Å². The molecule has 18 heavy (non-hydrogen) atoms. The van der Waals surface area contributed by atoms with Gasteiger partial charge in [0.2, 0.25) is 0 Å². The molecule has 6 nitrogen and oxygen atoms in total. The van der Waals surface area contributed by atoms with Crippen LogP contribution in [0.1, 0.15) is 20.8 Å². The standard InChI is InChI=1S/C12H20N4O2/c1-12(2,3)18-11(17)15-8-14-9-6-4-5-7-10(9)16-13/h4-7,14,16H,8,13H2,1-3H3,(H,15,17). The summed E-state index contributed by atoms with van der Waals surface area (Å²) in [6.45, 7) is 5.70. The molecule has 0 radical (unpaired) electrons. The fraction of sp³-hybridized carbons (Fsp3) is 0.417. The lowest BCUT2D eigenvalue weighted by Gasteiger charge is -2.20. The van der Waals surface area contributed by atoms with E-state index in [1.165, 1.54) is 0 Å². The number of nitrogen functional groups attached to an aromatic ring is 1. The average Bonchev–Trinajstić information content (AvgIpc) is 2.27. The maximum atomic E-state index is 11.4. The fourth-order valence-electron chi connectivity index (χ4n) is 1.29. The number of amides is 1. The lowest BCUT2D eigenvalue weighted by atomic mass is 10.2. The van der Waals surface area contributed by atoms with Gasteiger partial charge in [-0.25, -0.2) is 4.79 Å². The Kier molecular flexibility index (Phi) is 4.79. The highest BCUT2D eigenvalue weighted by Crippen LogP contribution is 2.18. The number of anilines is 2. The minimum Gasteiger partial charge on any atom is -0.444 e. The predicted octanol–water partition coefficient (Wildman–Crippen LogP) is 1.87. The molecule has 1 amide bonds. The summed E-state index contributed by atoms with van der Waals surface area (Å²) < 4.78 is 5.10. The molecule has 0 saturated heterocycles. The number of alkyl carbamates (subject to hydrolysis) is 1. The van der Waals surface area contributed by atoms with Crippen molar-refractivity contribution in [2.45, 2.75) is 26.4 Å². The summed E-state index contributed by atoms with van der Waals surface area (Å²) in [4.78, 5) is 11.4. The van der Waals surface area contributed by atoms with Crippen LogP contribution in [-0.2, 0) is 4.74 Å². The summed E-state index contributed by atoms with van der Waals surface area (Å²) in [5.41, 5.74) is 3.62. The molecule has 0 heterocycles. The van der Waals surface area contributed by atoms with Crippen molar-refractivity contribution < 1.29 is 9.53 Å². The van der Waals surface area contributed by atoms with Crippen LogP contribution in [0, 0.1) is 0 Å². The van der Waals surface area contributed by atoms with E-state index in [2.05, 4.69) is 16.1 Å². The number of ether oxygens (including phenoxy) is 1. The zero-order valence-corrected chi connectivity index (χ0v) is 10.9. The SMILES string of the molecule is CC(C)(C)OC(=O)NCNc1ccccc1NN. The number of para-hydroxylation sites is 2. The summed E-state index contributed by atoms with van der Waals surface area (Å²) in [6, 6.07) is 7.42. The first kappa shape index (κ1) is 14.1. The van der Waals surface area contributed by atoms with E-state index >= 15 is 0 Å². The zero-order chi connectivity index (χ0) is 13.6. The molecule has 0 atom stereocenters. The Bertz CT molecular complexity index is 401. The molecule has 0 spiro atoms. The highest BCUT2D eigenvalue weighted by Gasteiger charge is 2.15. The van der Waals surface area contributed by atoms with Crippen LogP contribution in [0.2, 0.25) is 0 Å². The minimum atomic E-state index is -0.499. The van der Waals surface area contributed by atoms with E-state index in [0.29, 0.717) is 0 Å². The molecule has 0 fully saturated rings. The second kappa shape index (κ2) is 6.11. The quantitative estimate of drug-likeness (QED) is 0.373. The van der Waals surface area contributed by atoms with Gasteiger partial charge in [0.1, 0.15) is 5.60 Å². The average molecular weight is 252 g/mol. The first-order valence-electron chi connectivity index (χ1n) is 5.69. The molecular formula is C12H20N4O2. The molecular weight excluding hydrogens is 232 g/mol. The molecule has 5 N–H and O–H groups in total. The van der Waals surface area contributed by atoms with E-state index in [9.17, 15) is 4.79 Å². The van der Waals surface area contributed by atoms with Gasteiger partial charge in [-0.1, -0.05) is 12.1 Å². The van der Waals surface area contributed by atoms with Crippen molar-refractivity contribution in [2.24, 2.45) is 5.84 Å². The molecule has 1 aromatic rings. The number of carbonyl (C=O) groups excluding carboxylic acids is 1. The largest absolute Gasteiger partial charge is 0.444 e. The summed E-state index contributed by atoms with van der Waals surface area (Å²) in [5, 5.41) is 5.62. The second-order valence-corrected chi connectivity index (χ2v) is 4.72. The Hall–Kier alpha value is -1.95. The molecule has 6 heteroatoms. The van der Waals surface area contributed by atoms with Crippen molar-refractivity contribution >= 4 is 17.5 Å². The van der Waals surface area contributed by atoms with Crippen LogP contribution in [0.5, 0.6) is 0 Å². The van der Waals surface area contributed by atoms with Crippen LogP contribution in [0.25, 0.3) is 0 Å². The Balaban J connectivity index is 2.40. The van der Waals surface area contributed by atoms with Gasteiger partial charge in [-0.3, -0.25) is 5.84 Å². The van der Waals surface area contributed by atoms with Crippen LogP contribution in [-0.4, -0.2) is 18.4 Å². The third kappa shape index (κ3) is 4.92. The van der Waals surface area contributed by atoms with Gasteiger partial charge in [0.15, 0.2) is 0 Å². The fourth-order valence-corrected chi connectivity index (χ4v) is 1.29.